The third-order valence-electron chi connectivity index (χ3n) is 4.05. The van der Waals surface area contributed by atoms with E-state index in [1.54, 1.807) is 0 Å². The van der Waals surface area contributed by atoms with Gasteiger partial charge in [0.2, 0.25) is 0 Å². The molecule has 4 nitrogen and oxygen atoms in total. The van der Waals surface area contributed by atoms with Crippen molar-refractivity contribution in [2.24, 2.45) is 5.92 Å². The summed E-state index contributed by atoms with van der Waals surface area (Å²) in [5.41, 5.74) is 1.80. The van der Waals surface area contributed by atoms with E-state index in [0.717, 1.165) is 37.2 Å². The van der Waals surface area contributed by atoms with Crippen molar-refractivity contribution < 1.29 is 9.53 Å². The van der Waals surface area contributed by atoms with Gasteiger partial charge in [-0.25, -0.2) is 0 Å². The van der Waals surface area contributed by atoms with Gasteiger partial charge in [0.15, 0.2) is 0 Å². The highest BCUT2D eigenvalue weighted by Gasteiger charge is 2.23. The van der Waals surface area contributed by atoms with Crippen molar-refractivity contribution in [2.75, 3.05) is 45.3 Å². The van der Waals surface area contributed by atoms with Gasteiger partial charge >= 0.3 is 0 Å². The molecule has 0 atom stereocenters. The van der Waals surface area contributed by atoms with E-state index in [2.05, 4.69) is 5.92 Å². The van der Waals surface area contributed by atoms with Crippen LogP contribution in [0, 0.1) is 18.3 Å². The smallest absolute Gasteiger partial charge is 0.253 e. The van der Waals surface area contributed by atoms with Crippen molar-refractivity contribution in [1.82, 2.24) is 4.90 Å². The number of likely N-dealkylation sites (tertiary alicyclic amines) is 1. The molecular formula is C18H24N2O2. The number of benzene rings is 1. The van der Waals surface area contributed by atoms with Gasteiger partial charge in [-0.3, -0.25) is 4.79 Å². The van der Waals surface area contributed by atoms with Crippen LogP contribution in [0.25, 0.3) is 0 Å². The van der Waals surface area contributed by atoms with E-state index >= 15 is 0 Å². The number of carbonyl (C=O) groups is 1. The van der Waals surface area contributed by atoms with Crippen molar-refractivity contribution in [3.8, 4) is 12.3 Å². The molecule has 1 aliphatic heterocycles. The predicted octanol–water partition coefficient (Wildman–Crippen LogP) is 2.25. The molecule has 1 heterocycles. The third-order valence-corrected chi connectivity index (χ3v) is 4.05. The van der Waals surface area contributed by atoms with E-state index in [1.165, 1.54) is 0 Å². The number of piperidine rings is 1. The molecule has 0 N–H and O–H groups in total. The van der Waals surface area contributed by atoms with Crippen molar-refractivity contribution in [3.63, 3.8) is 0 Å². The molecule has 1 aromatic carbocycles. The van der Waals surface area contributed by atoms with Gasteiger partial charge in [0, 0.05) is 38.4 Å². The summed E-state index contributed by atoms with van der Waals surface area (Å²) in [4.78, 5) is 16.5. The van der Waals surface area contributed by atoms with Crippen LogP contribution < -0.4 is 4.90 Å². The average molecular weight is 300 g/mol. The first-order chi connectivity index (χ1) is 10.6. The minimum absolute atomic E-state index is 0.117. The lowest BCUT2D eigenvalue weighted by Gasteiger charge is -2.32. The molecule has 1 saturated heterocycles. The van der Waals surface area contributed by atoms with E-state index in [9.17, 15) is 4.79 Å². The number of carbonyl (C=O) groups excluding carboxylic acids is 1. The highest BCUT2D eigenvalue weighted by Crippen LogP contribution is 2.21. The second kappa shape index (κ2) is 7.86. The molecule has 0 aromatic heterocycles. The number of terminal acetylenes is 1. The zero-order valence-corrected chi connectivity index (χ0v) is 13.4. The summed E-state index contributed by atoms with van der Waals surface area (Å²) in [5.74, 6) is 3.10. The van der Waals surface area contributed by atoms with E-state index in [-0.39, 0.29) is 5.91 Å². The second-order valence-electron chi connectivity index (χ2n) is 5.90. The second-order valence-corrected chi connectivity index (χ2v) is 5.90. The van der Waals surface area contributed by atoms with Crippen molar-refractivity contribution >= 4 is 11.6 Å². The quantitative estimate of drug-likeness (QED) is 0.618. The number of hydrogen-bond donors (Lipinski definition) is 0. The molecule has 4 heteroatoms. The Morgan fingerprint density at radius 2 is 2.14 bits per heavy atom. The first-order valence-electron chi connectivity index (χ1n) is 7.69. The zero-order chi connectivity index (χ0) is 15.9. The molecule has 22 heavy (non-hydrogen) atoms. The van der Waals surface area contributed by atoms with Crippen molar-refractivity contribution in [2.45, 2.75) is 12.8 Å². The van der Waals surface area contributed by atoms with Crippen LogP contribution in [0.15, 0.2) is 24.3 Å². The van der Waals surface area contributed by atoms with Crippen LogP contribution in [0.2, 0.25) is 0 Å². The van der Waals surface area contributed by atoms with Crippen molar-refractivity contribution in [3.05, 3.63) is 29.8 Å². The lowest BCUT2D eigenvalue weighted by atomic mass is 9.97. The topological polar surface area (TPSA) is 32.8 Å². The molecule has 1 aliphatic rings. The maximum Gasteiger partial charge on any atom is 0.253 e. The van der Waals surface area contributed by atoms with Crippen LogP contribution in [0.3, 0.4) is 0 Å². The fourth-order valence-corrected chi connectivity index (χ4v) is 2.69. The summed E-state index contributed by atoms with van der Waals surface area (Å²) in [7, 11) is 3.95. The van der Waals surface area contributed by atoms with E-state index in [4.69, 9.17) is 11.2 Å². The van der Waals surface area contributed by atoms with Crippen LogP contribution in [0.5, 0.6) is 0 Å². The standard InChI is InChI=1S/C18H24N2O2/c1-4-12-22-14-15-8-10-20(11-9-15)18(21)16-6-5-7-17(13-16)19(2)3/h1,5-7,13,15H,8-12,14H2,2-3H3. The van der Waals surface area contributed by atoms with Gasteiger partial charge < -0.3 is 14.5 Å². The Morgan fingerprint density at radius 3 is 2.77 bits per heavy atom. The van der Waals surface area contributed by atoms with Gasteiger partial charge in [-0.2, -0.15) is 0 Å². The lowest BCUT2D eigenvalue weighted by Crippen LogP contribution is -2.39. The van der Waals surface area contributed by atoms with Gasteiger partial charge in [-0.1, -0.05) is 12.0 Å². The SMILES string of the molecule is C#CCOCC1CCN(C(=O)c2cccc(N(C)C)c2)CC1. The van der Waals surface area contributed by atoms with E-state index in [1.807, 2.05) is 48.2 Å². The van der Waals surface area contributed by atoms with Gasteiger partial charge in [-0.15, -0.1) is 6.42 Å². The Kier molecular flexibility index (Phi) is 5.85. The molecule has 0 spiro atoms. The lowest BCUT2D eigenvalue weighted by molar-refractivity contribution is 0.0582. The van der Waals surface area contributed by atoms with Gasteiger partial charge in [-0.05, 0) is 37.0 Å². The normalized spacial score (nSPS) is 15.4. The molecule has 0 bridgehead atoms. The van der Waals surface area contributed by atoms with Crippen LogP contribution >= 0.6 is 0 Å². The fourth-order valence-electron chi connectivity index (χ4n) is 2.69. The van der Waals surface area contributed by atoms with E-state index < -0.39 is 0 Å². The molecule has 0 aliphatic carbocycles. The molecular weight excluding hydrogens is 276 g/mol. The monoisotopic (exact) mass is 300 g/mol. The maximum atomic E-state index is 12.6. The molecule has 118 valence electrons. The third kappa shape index (κ3) is 4.25. The number of ether oxygens (including phenoxy) is 1. The summed E-state index contributed by atoms with van der Waals surface area (Å²) < 4.78 is 5.40. The number of hydrogen-bond acceptors (Lipinski definition) is 3. The van der Waals surface area contributed by atoms with Crippen LogP contribution in [0.4, 0.5) is 5.69 Å². The Labute approximate surface area is 133 Å². The Morgan fingerprint density at radius 1 is 1.41 bits per heavy atom. The maximum absolute atomic E-state index is 12.6. The minimum Gasteiger partial charge on any atom is -0.378 e. The summed E-state index contributed by atoms with van der Waals surface area (Å²) >= 11 is 0. The van der Waals surface area contributed by atoms with Crippen LogP contribution in [-0.4, -0.2) is 51.2 Å². The van der Waals surface area contributed by atoms with Crippen LogP contribution in [-0.2, 0) is 4.74 Å². The first kappa shape index (κ1) is 16.4. The largest absolute Gasteiger partial charge is 0.378 e. The highest BCUT2D eigenvalue weighted by molar-refractivity contribution is 5.95. The number of amides is 1. The summed E-state index contributed by atoms with van der Waals surface area (Å²) in [5, 5.41) is 0. The number of anilines is 1. The van der Waals surface area contributed by atoms with Gasteiger partial charge in [0.1, 0.15) is 6.61 Å². The minimum atomic E-state index is 0.117. The summed E-state index contributed by atoms with van der Waals surface area (Å²) in [6, 6.07) is 7.77. The molecule has 1 fully saturated rings. The Balaban J connectivity index is 1.90. The average Bonchev–Trinajstić information content (AvgIpc) is 2.55. The molecule has 0 radical (unpaired) electrons. The van der Waals surface area contributed by atoms with Gasteiger partial charge in [0.25, 0.3) is 5.91 Å². The Hall–Kier alpha value is -1.99. The Bertz CT molecular complexity index is 540. The number of rotatable bonds is 5. The first-order valence-corrected chi connectivity index (χ1v) is 7.69. The molecule has 1 amide bonds. The zero-order valence-electron chi connectivity index (χ0n) is 13.4. The fraction of sp³-hybridized carbons (Fsp3) is 0.500. The number of nitrogens with zero attached hydrogens (tertiary/aromatic N) is 2. The summed E-state index contributed by atoms with van der Waals surface area (Å²) in [6.45, 7) is 2.64. The molecule has 0 saturated carbocycles. The molecule has 1 aromatic rings. The molecule has 0 unspecified atom stereocenters. The predicted molar refractivity (Wildman–Crippen MR) is 89.0 cm³/mol. The van der Waals surface area contributed by atoms with Gasteiger partial charge in [0.05, 0.1) is 6.61 Å². The van der Waals surface area contributed by atoms with Crippen LogP contribution in [0.1, 0.15) is 23.2 Å². The molecule has 2 rings (SSSR count). The van der Waals surface area contributed by atoms with Crippen molar-refractivity contribution in [1.29, 1.82) is 0 Å². The van der Waals surface area contributed by atoms with E-state index in [0.29, 0.717) is 19.1 Å². The summed E-state index contributed by atoms with van der Waals surface area (Å²) in [6.07, 6.45) is 7.12. The highest BCUT2D eigenvalue weighted by atomic mass is 16.5.